The Morgan fingerprint density at radius 3 is 1.88 bits per heavy atom. The summed E-state index contributed by atoms with van der Waals surface area (Å²) in [7, 11) is 0. The zero-order valence-corrected chi connectivity index (χ0v) is 7.23. The average Bonchev–Trinajstić information content (AvgIpc) is 1.69. The van der Waals surface area contributed by atoms with Crippen LogP contribution in [0.3, 0.4) is 0 Å². The third kappa shape index (κ3) is 2.93. The van der Waals surface area contributed by atoms with Gasteiger partial charge in [-0.25, -0.2) is 0 Å². The predicted octanol–water partition coefficient (Wildman–Crippen LogP) is 2.43. The molecule has 0 N–H and O–H groups in total. The van der Waals surface area contributed by atoms with Gasteiger partial charge in [0, 0.05) is 0 Å². The van der Waals surface area contributed by atoms with Crippen LogP contribution in [0.2, 0.25) is 0 Å². The first-order valence-electron chi connectivity index (χ1n) is 3.39. The minimum atomic E-state index is 0. The van der Waals surface area contributed by atoms with E-state index < -0.39 is 0 Å². The monoisotopic (exact) mass is 124 g/mol. The van der Waals surface area contributed by atoms with Crippen molar-refractivity contribution in [1.82, 2.24) is 0 Å². The van der Waals surface area contributed by atoms with Crippen molar-refractivity contribution in [2.24, 2.45) is 5.92 Å². The second-order valence-corrected chi connectivity index (χ2v) is 2.74. The van der Waals surface area contributed by atoms with Crippen LogP contribution in [0, 0.1) is 5.92 Å². The van der Waals surface area contributed by atoms with Gasteiger partial charge < -0.3 is 2.85 Å². The molecule has 0 nitrogen and oxygen atoms in total. The molecule has 0 aromatic rings. The molecular formula is C7H16Mg. The fraction of sp³-hybridized carbons (Fsp3) is 1.00. The average molecular weight is 125 g/mol. The van der Waals surface area contributed by atoms with Crippen LogP contribution in [0.25, 0.3) is 0 Å². The summed E-state index contributed by atoms with van der Waals surface area (Å²) in [6, 6.07) is 0. The van der Waals surface area contributed by atoms with Crippen LogP contribution < -0.4 is 0 Å². The van der Waals surface area contributed by atoms with Crippen LogP contribution in [-0.2, 0) is 0 Å². The van der Waals surface area contributed by atoms with Crippen molar-refractivity contribution in [2.45, 2.75) is 39.0 Å². The van der Waals surface area contributed by atoms with Crippen LogP contribution in [0.4, 0.5) is 0 Å². The van der Waals surface area contributed by atoms with Crippen molar-refractivity contribution in [3.05, 3.63) is 0 Å². The largest absolute Gasteiger partial charge is 2.00 e. The van der Waals surface area contributed by atoms with Crippen LogP contribution in [0.15, 0.2) is 0 Å². The molecule has 8 heavy (non-hydrogen) atoms. The van der Waals surface area contributed by atoms with Gasteiger partial charge in [-0.3, -0.25) is 0 Å². The van der Waals surface area contributed by atoms with Crippen molar-refractivity contribution in [3.63, 3.8) is 0 Å². The Kier molecular flexibility index (Phi) is 5.07. The third-order valence-corrected chi connectivity index (χ3v) is 1.89. The Labute approximate surface area is 71.2 Å². The van der Waals surface area contributed by atoms with Crippen LogP contribution in [0.1, 0.15) is 41.9 Å². The molecule has 0 aromatic carbocycles. The molecule has 0 atom stereocenters. The van der Waals surface area contributed by atoms with E-state index in [0.717, 1.165) is 5.92 Å². The molecular weight excluding hydrogens is 108 g/mol. The van der Waals surface area contributed by atoms with E-state index in [0.29, 0.717) is 0 Å². The van der Waals surface area contributed by atoms with E-state index in [-0.39, 0.29) is 25.9 Å². The first-order valence-corrected chi connectivity index (χ1v) is 3.39. The summed E-state index contributed by atoms with van der Waals surface area (Å²) in [5.41, 5.74) is 0. The van der Waals surface area contributed by atoms with Crippen molar-refractivity contribution in [3.8, 4) is 0 Å². The maximum Gasteiger partial charge on any atom is 2.00 e. The fourth-order valence-corrected chi connectivity index (χ4v) is 1.31. The second-order valence-electron chi connectivity index (χ2n) is 2.74. The Hall–Kier alpha value is 0.766. The molecule has 0 radical (unpaired) electrons. The second kappa shape index (κ2) is 4.63. The smallest absolute Gasteiger partial charge is 1.00 e. The molecule has 0 saturated heterocycles. The maximum absolute atomic E-state index is 2.36. The zero-order valence-electron chi connectivity index (χ0n) is 7.82. The molecule has 0 aliphatic heterocycles. The molecule has 1 saturated carbocycles. The first kappa shape index (κ1) is 8.77. The van der Waals surface area contributed by atoms with Gasteiger partial charge in [-0.15, -0.1) is 0 Å². The van der Waals surface area contributed by atoms with Gasteiger partial charge in [-0.05, 0) is 5.92 Å². The van der Waals surface area contributed by atoms with E-state index >= 15 is 0 Å². The maximum atomic E-state index is 2.36. The van der Waals surface area contributed by atoms with E-state index in [2.05, 4.69) is 6.92 Å². The van der Waals surface area contributed by atoms with Crippen molar-refractivity contribution in [2.75, 3.05) is 0 Å². The topological polar surface area (TPSA) is 0 Å². The molecule has 1 aliphatic rings. The number of hydrogen-bond donors (Lipinski definition) is 0. The molecule has 1 heteroatoms. The summed E-state index contributed by atoms with van der Waals surface area (Å²) in [6.45, 7) is 2.36. The molecule has 0 aromatic heterocycles. The van der Waals surface area contributed by atoms with Gasteiger partial charge in [0.1, 0.15) is 0 Å². The molecule has 1 rings (SSSR count). The SMILES string of the molecule is CC1CCCCC1.[H-].[H-].[Mg+2]. The summed E-state index contributed by atoms with van der Waals surface area (Å²) in [6.07, 6.45) is 7.44. The van der Waals surface area contributed by atoms with E-state index in [1.54, 1.807) is 0 Å². The Balaban J connectivity index is -0.000000163. The predicted molar refractivity (Wildman–Crippen MR) is 40.2 cm³/mol. The normalized spacial score (nSPS) is 22.1. The Morgan fingerprint density at radius 2 is 1.62 bits per heavy atom. The Bertz CT molecular complexity index is 53.6. The standard InChI is InChI=1S/C7H14.Mg.2H/c1-7-5-3-2-4-6-7;;;/h7H,2-6H2,1H3;;;/q;+2;2*-1. The zero-order chi connectivity index (χ0) is 5.11. The van der Waals surface area contributed by atoms with Gasteiger partial charge >= 0.3 is 23.1 Å². The molecule has 0 unspecified atom stereocenters. The minimum absolute atomic E-state index is 0. The van der Waals surface area contributed by atoms with E-state index in [1.165, 1.54) is 32.1 Å². The first-order chi connectivity index (χ1) is 3.39. The van der Waals surface area contributed by atoms with Crippen molar-refractivity contribution < 1.29 is 2.85 Å². The van der Waals surface area contributed by atoms with Crippen LogP contribution in [-0.4, -0.2) is 23.1 Å². The molecule has 1 aliphatic carbocycles. The molecule has 1 fully saturated rings. The molecule has 0 spiro atoms. The minimum Gasteiger partial charge on any atom is -1.00 e. The van der Waals surface area contributed by atoms with Crippen molar-refractivity contribution >= 4 is 23.1 Å². The Morgan fingerprint density at radius 1 is 1.12 bits per heavy atom. The van der Waals surface area contributed by atoms with E-state index in [9.17, 15) is 0 Å². The number of rotatable bonds is 0. The van der Waals surface area contributed by atoms with Gasteiger partial charge in [0.2, 0.25) is 0 Å². The van der Waals surface area contributed by atoms with Crippen LogP contribution in [0.5, 0.6) is 0 Å². The molecule has 0 heterocycles. The summed E-state index contributed by atoms with van der Waals surface area (Å²) < 4.78 is 0. The van der Waals surface area contributed by atoms with Gasteiger partial charge in [-0.1, -0.05) is 39.0 Å². The summed E-state index contributed by atoms with van der Waals surface area (Å²) >= 11 is 0. The summed E-state index contributed by atoms with van der Waals surface area (Å²) in [5, 5.41) is 0. The molecule has 0 bridgehead atoms. The summed E-state index contributed by atoms with van der Waals surface area (Å²) in [4.78, 5) is 0. The fourth-order valence-electron chi connectivity index (χ4n) is 1.31. The van der Waals surface area contributed by atoms with E-state index in [4.69, 9.17) is 0 Å². The molecule has 0 amide bonds. The van der Waals surface area contributed by atoms with Crippen molar-refractivity contribution in [1.29, 1.82) is 0 Å². The number of hydrogen-bond acceptors (Lipinski definition) is 0. The van der Waals surface area contributed by atoms with E-state index in [1.807, 2.05) is 0 Å². The van der Waals surface area contributed by atoms with Crippen LogP contribution >= 0.6 is 0 Å². The van der Waals surface area contributed by atoms with Gasteiger partial charge in [0.05, 0.1) is 0 Å². The third-order valence-electron chi connectivity index (χ3n) is 1.89. The van der Waals surface area contributed by atoms with Gasteiger partial charge in [-0.2, -0.15) is 0 Å². The summed E-state index contributed by atoms with van der Waals surface area (Å²) in [5.74, 6) is 1.04. The van der Waals surface area contributed by atoms with Gasteiger partial charge in [0.15, 0.2) is 0 Å². The molecule has 46 valence electrons. The quantitative estimate of drug-likeness (QED) is 0.435. The van der Waals surface area contributed by atoms with Gasteiger partial charge in [0.25, 0.3) is 0 Å².